The van der Waals surface area contributed by atoms with Crippen molar-refractivity contribution in [2.45, 2.75) is 39.0 Å². The van der Waals surface area contributed by atoms with E-state index in [4.69, 9.17) is 5.73 Å². The summed E-state index contributed by atoms with van der Waals surface area (Å²) in [6.45, 7) is 3.18. The Kier molecular flexibility index (Phi) is 4.53. The third kappa shape index (κ3) is 3.32. The van der Waals surface area contributed by atoms with Crippen molar-refractivity contribution in [1.29, 1.82) is 0 Å². The van der Waals surface area contributed by atoms with Crippen molar-refractivity contribution in [1.82, 2.24) is 10.3 Å². The van der Waals surface area contributed by atoms with Crippen molar-refractivity contribution in [3.05, 3.63) is 29.6 Å². The van der Waals surface area contributed by atoms with E-state index in [1.165, 1.54) is 19.3 Å². The number of rotatable bonds is 4. The quantitative estimate of drug-likeness (QED) is 0.871. The number of amides is 1. The van der Waals surface area contributed by atoms with E-state index in [-0.39, 0.29) is 11.3 Å². The maximum atomic E-state index is 12.2. The summed E-state index contributed by atoms with van der Waals surface area (Å²) in [5.41, 5.74) is 7.46. The van der Waals surface area contributed by atoms with Crippen LogP contribution >= 0.6 is 0 Å². The van der Waals surface area contributed by atoms with Crippen LogP contribution in [0, 0.1) is 12.3 Å². The van der Waals surface area contributed by atoms with Crippen molar-refractivity contribution in [2.75, 3.05) is 13.1 Å². The molecular weight excluding hydrogens is 238 g/mol. The standard InChI is InChI=1S/C15H23N3O/c1-12-13(6-5-9-17-12)14(19)18-11-15(10-16)7-3-2-4-8-15/h5-6,9H,2-4,7-8,10-11,16H2,1H3,(H,18,19). The predicted molar refractivity (Wildman–Crippen MR) is 75.9 cm³/mol. The van der Waals surface area contributed by atoms with Gasteiger partial charge in [0.25, 0.3) is 5.91 Å². The topological polar surface area (TPSA) is 68.0 Å². The maximum absolute atomic E-state index is 12.2. The van der Waals surface area contributed by atoms with Crippen LogP contribution in [0.5, 0.6) is 0 Å². The Labute approximate surface area is 114 Å². The predicted octanol–water partition coefficient (Wildman–Crippen LogP) is 2.03. The maximum Gasteiger partial charge on any atom is 0.253 e. The molecule has 0 atom stereocenters. The summed E-state index contributed by atoms with van der Waals surface area (Å²) in [6, 6.07) is 3.61. The van der Waals surface area contributed by atoms with Crippen LogP contribution in [-0.2, 0) is 0 Å². The molecule has 19 heavy (non-hydrogen) atoms. The number of pyridine rings is 1. The molecule has 1 heterocycles. The van der Waals surface area contributed by atoms with Gasteiger partial charge in [-0.05, 0) is 43.9 Å². The molecule has 0 aromatic carbocycles. The average Bonchev–Trinajstić information content (AvgIpc) is 2.46. The molecule has 4 nitrogen and oxygen atoms in total. The van der Waals surface area contributed by atoms with Crippen LogP contribution in [0.4, 0.5) is 0 Å². The van der Waals surface area contributed by atoms with Gasteiger partial charge in [0.1, 0.15) is 0 Å². The lowest BCUT2D eigenvalue weighted by molar-refractivity contribution is 0.0913. The average molecular weight is 261 g/mol. The van der Waals surface area contributed by atoms with E-state index in [0.717, 1.165) is 18.5 Å². The smallest absolute Gasteiger partial charge is 0.253 e. The second-order valence-corrected chi connectivity index (χ2v) is 5.58. The van der Waals surface area contributed by atoms with Crippen LogP contribution in [0.3, 0.4) is 0 Å². The Morgan fingerprint density at radius 2 is 2.16 bits per heavy atom. The van der Waals surface area contributed by atoms with Gasteiger partial charge < -0.3 is 11.1 Å². The summed E-state index contributed by atoms with van der Waals surface area (Å²) in [7, 11) is 0. The highest BCUT2D eigenvalue weighted by Crippen LogP contribution is 2.34. The SMILES string of the molecule is Cc1ncccc1C(=O)NCC1(CN)CCCCC1. The number of aryl methyl sites for hydroxylation is 1. The normalized spacial score (nSPS) is 18.0. The van der Waals surface area contributed by atoms with Crippen molar-refractivity contribution >= 4 is 5.91 Å². The van der Waals surface area contributed by atoms with E-state index >= 15 is 0 Å². The minimum absolute atomic E-state index is 0.0380. The molecular formula is C15H23N3O. The molecule has 2 rings (SSSR count). The Balaban J connectivity index is 1.98. The lowest BCUT2D eigenvalue weighted by Crippen LogP contribution is -2.43. The summed E-state index contributed by atoms with van der Waals surface area (Å²) in [6.07, 6.45) is 7.68. The molecule has 1 saturated carbocycles. The fourth-order valence-corrected chi connectivity index (χ4v) is 2.84. The minimum Gasteiger partial charge on any atom is -0.351 e. The molecule has 0 aliphatic heterocycles. The first-order valence-electron chi connectivity index (χ1n) is 7.07. The van der Waals surface area contributed by atoms with Gasteiger partial charge in [-0.15, -0.1) is 0 Å². The highest BCUT2D eigenvalue weighted by atomic mass is 16.1. The molecule has 104 valence electrons. The van der Waals surface area contributed by atoms with E-state index in [1.54, 1.807) is 12.3 Å². The molecule has 1 aliphatic carbocycles. The molecule has 4 heteroatoms. The number of carbonyl (C=O) groups excluding carboxylic acids is 1. The van der Waals surface area contributed by atoms with E-state index < -0.39 is 0 Å². The number of nitrogens with zero attached hydrogens (tertiary/aromatic N) is 1. The van der Waals surface area contributed by atoms with Gasteiger partial charge in [0.2, 0.25) is 0 Å². The zero-order chi connectivity index (χ0) is 13.7. The zero-order valence-electron chi connectivity index (χ0n) is 11.6. The van der Waals surface area contributed by atoms with Crippen LogP contribution in [0.2, 0.25) is 0 Å². The summed E-state index contributed by atoms with van der Waals surface area (Å²) < 4.78 is 0. The minimum atomic E-state index is -0.0380. The van der Waals surface area contributed by atoms with Crippen LogP contribution in [0.15, 0.2) is 18.3 Å². The summed E-state index contributed by atoms with van der Waals surface area (Å²) in [4.78, 5) is 16.3. The fraction of sp³-hybridized carbons (Fsp3) is 0.600. The highest BCUT2D eigenvalue weighted by molar-refractivity contribution is 5.95. The molecule has 0 radical (unpaired) electrons. The van der Waals surface area contributed by atoms with Gasteiger partial charge in [-0.1, -0.05) is 19.3 Å². The third-order valence-electron chi connectivity index (χ3n) is 4.22. The van der Waals surface area contributed by atoms with Crippen LogP contribution in [0.1, 0.15) is 48.2 Å². The number of carbonyl (C=O) groups is 1. The lowest BCUT2D eigenvalue weighted by Gasteiger charge is -2.36. The van der Waals surface area contributed by atoms with E-state index in [0.29, 0.717) is 18.7 Å². The second kappa shape index (κ2) is 6.15. The molecule has 1 aromatic heterocycles. The van der Waals surface area contributed by atoms with E-state index in [2.05, 4.69) is 10.3 Å². The van der Waals surface area contributed by atoms with Gasteiger partial charge in [-0.25, -0.2) is 0 Å². The summed E-state index contributed by atoms with van der Waals surface area (Å²) in [5.74, 6) is -0.0380. The van der Waals surface area contributed by atoms with Gasteiger partial charge in [-0.3, -0.25) is 9.78 Å². The van der Waals surface area contributed by atoms with Crippen molar-refractivity contribution in [2.24, 2.45) is 11.1 Å². The first-order chi connectivity index (χ1) is 9.17. The monoisotopic (exact) mass is 261 g/mol. The zero-order valence-corrected chi connectivity index (χ0v) is 11.6. The first kappa shape index (κ1) is 14.0. The molecule has 1 aliphatic rings. The van der Waals surface area contributed by atoms with E-state index in [9.17, 15) is 4.79 Å². The number of hydrogen-bond acceptors (Lipinski definition) is 3. The first-order valence-corrected chi connectivity index (χ1v) is 7.07. The molecule has 1 aromatic rings. The fourth-order valence-electron chi connectivity index (χ4n) is 2.84. The van der Waals surface area contributed by atoms with Crippen LogP contribution in [-0.4, -0.2) is 24.0 Å². The Morgan fingerprint density at radius 1 is 1.42 bits per heavy atom. The van der Waals surface area contributed by atoms with Gasteiger partial charge >= 0.3 is 0 Å². The van der Waals surface area contributed by atoms with Gasteiger partial charge in [-0.2, -0.15) is 0 Å². The molecule has 0 spiro atoms. The number of nitrogens with two attached hydrogens (primary N) is 1. The van der Waals surface area contributed by atoms with E-state index in [1.807, 2.05) is 13.0 Å². The molecule has 0 unspecified atom stereocenters. The van der Waals surface area contributed by atoms with Crippen molar-refractivity contribution < 1.29 is 4.79 Å². The van der Waals surface area contributed by atoms with Gasteiger partial charge in [0, 0.05) is 18.4 Å². The molecule has 0 saturated heterocycles. The van der Waals surface area contributed by atoms with Gasteiger partial charge in [0.05, 0.1) is 5.56 Å². The van der Waals surface area contributed by atoms with Crippen molar-refractivity contribution in [3.63, 3.8) is 0 Å². The molecule has 3 N–H and O–H groups in total. The number of nitrogens with one attached hydrogen (secondary N) is 1. The Hall–Kier alpha value is -1.42. The lowest BCUT2D eigenvalue weighted by atomic mass is 9.74. The largest absolute Gasteiger partial charge is 0.351 e. The number of aromatic nitrogens is 1. The van der Waals surface area contributed by atoms with Crippen LogP contribution in [0.25, 0.3) is 0 Å². The Morgan fingerprint density at radius 3 is 2.79 bits per heavy atom. The summed E-state index contributed by atoms with van der Waals surface area (Å²) >= 11 is 0. The third-order valence-corrected chi connectivity index (χ3v) is 4.22. The van der Waals surface area contributed by atoms with Crippen molar-refractivity contribution in [3.8, 4) is 0 Å². The summed E-state index contributed by atoms with van der Waals surface area (Å²) in [5, 5.41) is 3.04. The second-order valence-electron chi connectivity index (χ2n) is 5.58. The number of hydrogen-bond donors (Lipinski definition) is 2. The highest BCUT2D eigenvalue weighted by Gasteiger charge is 2.31. The Bertz CT molecular complexity index is 439. The van der Waals surface area contributed by atoms with Gasteiger partial charge in [0.15, 0.2) is 0 Å². The molecule has 1 fully saturated rings. The molecule has 1 amide bonds. The van der Waals surface area contributed by atoms with Crippen LogP contribution < -0.4 is 11.1 Å². The molecule has 0 bridgehead atoms.